The molecule has 214 valence electrons. The standard InChI is InChI=1S/C43H37N/c1-32-12-14-35(15-13-32)39-22-28-42(29-23-39)44(41-26-20-38(21-27-41)34-10-6-3-7-11-34)43-30-24-40(25-31-43)37-18-16-36(17-19-37)33-8-4-2-5-9-33/h2-10,12-18,20-31,34,37H,11,19H2,1H3. The molecule has 0 amide bonds. The van der Waals surface area contributed by atoms with Gasteiger partial charge in [-0.3, -0.25) is 0 Å². The molecule has 2 aliphatic carbocycles. The van der Waals surface area contributed by atoms with Crippen molar-refractivity contribution in [3.63, 3.8) is 0 Å². The van der Waals surface area contributed by atoms with Gasteiger partial charge in [-0.1, -0.05) is 139 Å². The fourth-order valence-electron chi connectivity index (χ4n) is 6.28. The van der Waals surface area contributed by atoms with Crippen molar-refractivity contribution in [3.05, 3.63) is 192 Å². The van der Waals surface area contributed by atoms with E-state index in [1.807, 2.05) is 0 Å². The summed E-state index contributed by atoms with van der Waals surface area (Å²) in [6.07, 6.45) is 17.9. The zero-order valence-corrected chi connectivity index (χ0v) is 25.2. The van der Waals surface area contributed by atoms with Crippen LogP contribution in [0.3, 0.4) is 0 Å². The Hall–Kier alpha value is -5.14. The van der Waals surface area contributed by atoms with Gasteiger partial charge in [-0.05, 0) is 89.6 Å². The van der Waals surface area contributed by atoms with Crippen LogP contribution in [-0.2, 0) is 0 Å². The van der Waals surface area contributed by atoms with E-state index in [0.29, 0.717) is 11.8 Å². The van der Waals surface area contributed by atoms with Crippen LogP contribution in [0.15, 0.2) is 170 Å². The number of benzene rings is 5. The molecule has 44 heavy (non-hydrogen) atoms. The van der Waals surface area contributed by atoms with Gasteiger partial charge in [0.05, 0.1) is 0 Å². The molecule has 2 unspecified atom stereocenters. The Labute approximate surface area is 261 Å². The topological polar surface area (TPSA) is 3.24 Å². The lowest BCUT2D eigenvalue weighted by Gasteiger charge is -2.27. The first-order valence-electron chi connectivity index (χ1n) is 15.7. The van der Waals surface area contributed by atoms with Crippen molar-refractivity contribution in [1.29, 1.82) is 0 Å². The number of aryl methyl sites for hydroxylation is 1. The van der Waals surface area contributed by atoms with E-state index in [2.05, 4.69) is 182 Å². The quantitative estimate of drug-likeness (QED) is 0.189. The SMILES string of the molecule is Cc1ccc(-c2ccc(N(c3ccc(C4C=CC=CC4)cc3)c3ccc(C4C=CC(c5ccccc5)=CC4)cc3)cc2)cc1. The number of hydrogen-bond acceptors (Lipinski definition) is 1. The molecule has 0 spiro atoms. The van der Waals surface area contributed by atoms with Crippen molar-refractivity contribution in [2.24, 2.45) is 0 Å². The Kier molecular flexibility index (Phi) is 7.93. The molecule has 2 atom stereocenters. The Morgan fingerprint density at radius 3 is 1.57 bits per heavy atom. The minimum atomic E-state index is 0.385. The van der Waals surface area contributed by atoms with Gasteiger partial charge in [-0.15, -0.1) is 0 Å². The molecule has 0 heterocycles. The Bertz CT molecular complexity index is 1820. The summed E-state index contributed by atoms with van der Waals surface area (Å²) >= 11 is 0. The van der Waals surface area contributed by atoms with Crippen LogP contribution in [0, 0.1) is 6.92 Å². The van der Waals surface area contributed by atoms with Crippen molar-refractivity contribution >= 4 is 22.6 Å². The van der Waals surface area contributed by atoms with Gasteiger partial charge in [0.25, 0.3) is 0 Å². The van der Waals surface area contributed by atoms with E-state index < -0.39 is 0 Å². The van der Waals surface area contributed by atoms with Crippen molar-refractivity contribution in [2.45, 2.75) is 31.6 Å². The second-order valence-electron chi connectivity index (χ2n) is 11.8. The van der Waals surface area contributed by atoms with Gasteiger partial charge in [0.2, 0.25) is 0 Å². The summed E-state index contributed by atoms with van der Waals surface area (Å²) in [5.74, 6) is 0.825. The highest BCUT2D eigenvalue weighted by Crippen LogP contribution is 2.38. The molecule has 1 nitrogen and oxygen atoms in total. The normalized spacial score (nSPS) is 17.3. The third-order valence-electron chi connectivity index (χ3n) is 8.86. The minimum absolute atomic E-state index is 0.385. The summed E-state index contributed by atoms with van der Waals surface area (Å²) in [5.41, 5.74) is 12.5. The maximum Gasteiger partial charge on any atom is 0.0462 e. The maximum absolute atomic E-state index is 2.37. The first-order chi connectivity index (χ1) is 21.7. The predicted molar refractivity (Wildman–Crippen MR) is 188 cm³/mol. The van der Waals surface area contributed by atoms with Gasteiger partial charge < -0.3 is 4.90 Å². The Balaban J connectivity index is 1.17. The lowest BCUT2D eigenvalue weighted by Crippen LogP contribution is -2.10. The fraction of sp³-hybridized carbons (Fsp3) is 0.116. The lowest BCUT2D eigenvalue weighted by molar-refractivity contribution is 0.853. The van der Waals surface area contributed by atoms with Gasteiger partial charge in [0.1, 0.15) is 0 Å². The summed E-state index contributed by atoms with van der Waals surface area (Å²) in [4.78, 5) is 2.37. The summed E-state index contributed by atoms with van der Waals surface area (Å²) in [7, 11) is 0. The molecular formula is C43H37N. The zero-order valence-electron chi connectivity index (χ0n) is 25.2. The van der Waals surface area contributed by atoms with Crippen LogP contribution >= 0.6 is 0 Å². The largest absolute Gasteiger partial charge is 0.311 e. The van der Waals surface area contributed by atoms with E-state index in [4.69, 9.17) is 0 Å². The van der Waals surface area contributed by atoms with Crippen LogP contribution < -0.4 is 4.90 Å². The third kappa shape index (κ3) is 6.00. The van der Waals surface area contributed by atoms with Crippen LogP contribution in [0.5, 0.6) is 0 Å². The lowest BCUT2D eigenvalue weighted by atomic mass is 9.88. The average molecular weight is 568 g/mol. The van der Waals surface area contributed by atoms with Gasteiger partial charge in [-0.2, -0.15) is 0 Å². The highest BCUT2D eigenvalue weighted by Gasteiger charge is 2.17. The molecular weight excluding hydrogens is 530 g/mol. The highest BCUT2D eigenvalue weighted by molar-refractivity contribution is 5.79. The van der Waals surface area contributed by atoms with Crippen LogP contribution in [0.25, 0.3) is 16.7 Å². The second kappa shape index (κ2) is 12.6. The summed E-state index contributed by atoms with van der Waals surface area (Å²) in [6, 6.07) is 46.6. The molecule has 0 fully saturated rings. The van der Waals surface area contributed by atoms with Crippen LogP contribution in [-0.4, -0.2) is 0 Å². The zero-order chi connectivity index (χ0) is 29.7. The number of rotatable bonds is 7. The third-order valence-corrected chi connectivity index (χ3v) is 8.86. The van der Waals surface area contributed by atoms with Gasteiger partial charge >= 0.3 is 0 Å². The molecule has 0 bridgehead atoms. The van der Waals surface area contributed by atoms with Crippen molar-refractivity contribution in [1.82, 2.24) is 0 Å². The highest BCUT2D eigenvalue weighted by atomic mass is 15.1. The molecule has 0 N–H and O–H groups in total. The average Bonchev–Trinajstić information content (AvgIpc) is 3.11. The van der Waals surface area contributed by atoms with Crippen LogP contribution in [0.4, 0.5) is 17.1 Å². The molecule has 5 aromatic rings. The van der Waals surface area contributed by atoms with Crippen molar-refractivity contribution in [3.8, 4) is 11.1 Å². The number of allylic oxidation sites excluding steroid dienone is 8. The van der Waals surface area contributed by atoms with E-state index in [1.54, 1.807) is 0 Å². The van der Waals surface area contributed by atoms with Gasteiger partial charge in [0.15, 0.2) is 0 Å². The first-order valence-corrected chi connectivity index (χ1v) is 15.7. The molecule has 0 saturated carbocycles. The van der Waals surface area contributed by atoms with E-state index in [1.165, 1.54) is 39.0 Å². The van der Waals surface area contributed by atoms with Crippen molar-refractivity contribution in [2.75, 3.05) is 4.90 Å². The Morgan fingerprint density at radius 2 is 1.05 bits per heavy atom. The smallest absolute Gasteiger partial charge is 0.0462 e. The minimum Gasteiger partial charge on any atom is -0.311 e. The van der Waals surface area contributed by atoms with Gasteiger partial charge in [0, 0.05) is 28.9 Å². The summed E-state index contributed by atoms with van der Waals surface area (Å²) in [5, 5.41) is 0. The molecule has 0 saturated heterocycles. The molecule has 2 aliphatic rings. The fourth-order valence-corrected chi connectivity index (χ4v) is 6.28. The second-order valence-corrected chi connectivity index (χ2v) is 11.8. The van der Waals surface area contributed by atoms with Gasteiger partial charge in [-0.25, -0.2) is 0 Å². The number of anilines is 3. The molecule has 0 aliphatic heterocycles. The molecule has 1 heteroatoms. The van der Waals surface area contributed by atoms with Crippen LogP contribution in [0.2, 0.25) is 0 Å². The van der Waals surface area contributed by atoms with Crippen molar-refractivity contribution < 1.29 is 0 Å². The van der Waals surface area contributed by atoms with E-state index >= 15 is 0 Å². The predicted octanol–water partition coefficient (Wildman–Crippen LogP) is 11.9. The first kappa shape index (κ1) is 27.7. The van der Waals surface area contributed by atoms with Crippen LogP contribution in [0.1, 0.15) is 46.9 Å². The van der Waals surface area contributed by atoms with E-state index in [-0.39, 0.29) is 0 Å². The maximum atomic E-state index is 2.37. The summed E-state index contributed by atoms with van der Waals surface area (Å²) in [6.45, 7) is 2.13. The number of hydrogen-bond donors (Lipinski definition) is 0. The molecule has 7 rings (SSSR count). The van der Waals surface area contributed by atoms with E-state index in [0.717, 1.165) is 29.9 Å². The molecule has 0 radical (unpaired) electrons. The van der Waals surface area contributed by atoms with E-state index in [9.17, 15) is 0 Å². The summed E-state index contributed by atoms with van der Waals surface area (Å²) < 4.78 is 0. The molecule has 0 aromatic heterocycles. The molecule has 5 aromatic carbocycles. The number of nitrogens with zero attached hydrogens (tertiary/aromatic N) is 1. The Morgan fingerprint density at radius 1 is 0.500 bits per heavy atom. The monoisotopic (exact) mass is 567 g/mol.